The lowest BCUT2D eigenvalue weighted by Gasteiger charge is -2.27. The smallest absolute Gasteiger partial charge is 0.254 e. The van der Waals surface area contributed by atoms with Crippen LogP contribution < -0.4 is 0 Å². The summed E-state index contributed by atoms with van der Waals surface area (Å²) in [5.74, 6) is 0.138. The fourth-order valence-corrected chi connectivity index (χ4v) is 6.26. The van der Waals surface area contributed by atoms with Gasteiger partial charge in [0.1, 0.15) is 5.78 Å². The third kappa shape index (κ3) is 2.31. The molecule has 1 aromatic rings. The Hall–Kier alpha value is -0.790. The van der Waals surface area contributed by atoms with E-state index in [2.05, 4.69) is 4.98 Å². The maximum Gasteiger partial charge on any atom is 0.254 e. The first kappa shape index (κ1) is 14.2. The van der Waals surface area contributed by atoms with E-state index >= 15 is 0 Å². The predicted octanol–water partition coefficient (Wildman–Crippen LogP) is 1.97. The summed E-state index contributed by atoms with van der Waals surface area (Å²) in [6.07, 6.45) is 5.40. The molecule has 0 aromatic carbocycles. The summed E-state index contributed by atoms with van der Waals surface area (Å²) in [6.45, 7) is 2.32. The van der Waals surface area contributed by atoms with E-state index in [1.165, 1.54) is 17.5 Å². The van der Waals surface area contributed by atoms with Crippen LogP contribution in [0.3, 0.4) is 0 Å². The van der Waals surface area contributed by atoms with Gasteiger partial charge in [0.25, 0.3) is 10.0 Å². The van der Waals surface area contributed by atoms with Crippen LogP contribution in [0.15, 0.2) is 10.4 Å². The van der Waals surface area contributed by atoms with Crippen LogP contribution in [0.2, 0.25) is 0 Å². The zero-order chi connectivity index (χ0) is 14.3. The van der Waals surface area contributed by atoms with Crippen molar-refractivity contribution in [2.75, 3.05) is 6.54 Å². The van der Waals surface area contributed by atoms with E-state index in [-0.39, 0.29) is 17.7 Å². The van der Waals surface area contributed by atoms with Crippen molar-refractivity contribution >= 4 is 27.1 Å². The normalized spacial score (nSPS) is 28.4. The SMILES string of the molecule is Cc1ncc(S(=O)(=O)N2CCCC2C2CCCC2=O)s1. The molecule has 0 N–H and O–H groups in total. The fraction of sp³-hybridized carbons (Fsp3) is 0.692. The highest BCUT2D eigenvalue weighted by atomic mass is 32.2. The molecule has 0 amide bonds. The van der Waals surface area contributed by atoms with Crippen LogP contribution in [0, 0.1) is 12.8 Å². The molecule has 2 unspecified atom stereocenters. The largest absolute Gasteiger partial charge is 0.299 e. The lowest BCUT2D eigenvalue weighted by Crippen LogP contribution is -2.41. The Morgan fingerprint density at radius 3 is 2.75 bits per heavy atom. The first-order chi connectivity index (χ1) is 9.50. The number of hydrogen-bond acceptors (Lipinski definition) is 5. The number of sulfonamides is 1. The molecule has 5 nitrogen and oxygen atoms in total. The molecule has 0 radical (unpaired) electrons. The van der Waals surface area contributed by atoms with Gasteiger partial charge in [-0.2, -0.15) is 4.31 Å². The molecule has 1 aliphatic carbocycles. The van der Waals surface area contributed by atoms with Gasteiger partial charge in [0, 0.05) is 24.9 Å². The van der Waals surface area contributed by atoms with E-state index in [9.17, 15) is 13.2 Å². The minimum atomic E-state index is -3.49. The molecule has 1 aromatic heterocycles. The molecule has 2 fully saturated rings. The highest BCUT2D eigenvalue weighted by Crippen LogP contribution is 2.37. The quantitative estimate of drug-likeness (QED) is 0.855. The number of hydrogen-bond donors (Lipinski definition) is 0. The van der Waals surface area contributed by atoms with Gasteiger partial charge in [0.2, 0.25) is 0 Å². The van der Waals surface area contributed by atoms with Crippen molar-refractivity contribution in [3.63, 3.8) is 0 Å². The third-order valence-corrected chi connectivity index (χ3v) is 7.50. The zero-order valence-electron chi connectivity index (χ0n) is 11.4. The van der Waals surface area contributed by atoms with Crippen molar-refractivity contribution in [1.29, 1.82) is 0 Å². The van der Waals surface area contributed by atoms with Crippen LogP contribution in [0.1, 0.15) is 37.1 Å². The summed E-state index contributed by atoms with van der Waals surface area (Å²) in [6, 6.07) is -0.141. The van der Waals surface area contributed by atoms with E-state index in [0.29, 0.717) is 17.2 Å². The molecular weight excluding hydrogens is 296 g/mol. The lowest BCUT2D eigenvalue weighted by molar-refractivity contribution is -0.121. The molecule has 1 aliphatic heterocycles. The van der Waals surface area contributed by atoms with Crippen molar-refractivity contribution in [2.45, 2.75) is 49.3 Å². The Morgan fingerprint density at radius 1 is 1.35 bits per heavy atom. The minimum Gasteiger partial charge on any atom is -0.299 e. The molecule has 7 heteroatoms. The van der Waals surface area contributed by atoms with E-state index in [1.807, 2.05) is 0 Å². The number of carbonyl (C=O) groups excluding carboxylic acids is 1. The van der Waals surface area contributed by atoms with Gasteiger partial charge >= 0.3 is 0 Å². The van der Waals surface area contributed by atoms with Crippen molar-refractivity contribution in [3.8, 4) is 0 Å². The molecule has 2 heterocycles. The van der Waals surface area contributed by atoms with Crippen LogP contribution in [0.5, 0.6) is 0 Å². The van der Waals surface area contributed by atoms with Gasteiger partial charge in [0.15, 0.2) is 4.21 Å². The first-order valence-electron chi connectivity index (χ1n) is 6.97. The van der Waals surface area contributed by atoms with Gasteiger partial charge in [-0.15, -0.1) is 11.3 Å². The Kier molecular flexibility index (Phi) is 3.68. The molecule has 1 saturated heterocycles. The van der Waals surface area contributed by atoms with Crippen LogP contribution >= 0.6 is 11.3 Å². The highest BCUT2D eigenvalue weighted by Gasteiger charge is 2.43. The number of thiazole rings is 1. The van der Waals surface area contributed by atoms with E-state index in [0.717, 1.165) is 30.7 Å². The van der Waals surface area contributed by atoms with Gasteiger partial charge in [0.05, 0.1) is 11.2 Å². The predicted molar refractivity (Wildman–Crippen MR) is 76.1 cm³/mol. The molecule has 2 aliphatic rings. The van der Waals surface area contributed by atoms with Crippen molar-refractivity contribution in [3.05, 3.63) is 11.2 Å². The number of nitrogens with zero attached hydrogens (tertiary/aromatic N) is 2. The van der Waals surface area contributed by atoms with Crippen molar-refractivity contribution in [2.24, 2.45) is 5.92 Å². The molecular formula is C13H18N2O3S2. The second-order valence-corrected chi connectivity index (χ2v) is 8.84. The Labute approximate surface area is 123 Å². The monoisotopic (exact) mass is 314 g/mol. The minimum absolute atomic E-state index is 0.0960. The topological polar surface area (TPSA) is 67.3 Å². The average Bonchev–Trinajstić information content (AvgIpc) is 3.07. The molecule has 2 atom stereocenters. The molecule has 3 rings (SSSR count). The average molecular weight is 314 g/mol. The van der Waals surface area contributed by atoms with Crippen LogP contribution in [-0.2, 0) is 14.8 Å². The Balaban J connectivity index is 1.90. The zero-order valence-corrected chi connectivity index (χ0v) is 13.0. The maximum atomic E-state index is 12.7. The molecule has 1 saturated carbocycles. The van der Waals surface area contributed by atoms with Gasteiger partial charge in [-0.05, 0) is 32.6 Å². The number of aromatic nitrogens is 1. The number of aryl methyl sites for hydroxylation is 1. The van der Waals surface area contributed by atoms with Gasteiger partial charge in [-0.3, -0.25) is 4.79 Å². The lowest BCUT2D eigenvalue weighted by atomic mass is 9.96. The highest BCUT2D eigenvalue weighted by molar-refractivity contribution is 7.91. The van der Waals surface area contributed by atoms with E-state index in [1.54, 1.807) is 11.2 Å². The number of rotatable bonds is 3. The third-order valence-electron chi connectivity index (χ3n) is 4.23. The van der Waals surface area contributed by atoms with Crippen LogP contribution in [0.25, 0.3) is 0 Å². The second-order valence-electron chi connectivity index (χ2n) is 5.49. The van der Waals surface area contributed by atoms with Gasteiger partial charge < -0.3 is 0 Å². The van der Waals surface area contributed by atoms with Gasteiger partial charge in [-0.1, -0.05) is 0 Å². The molecule has 0 bridgehead atoms. The van der Waals surface area contributed by atoms with E-state index in [4.69, 9.17) is 0 Å². The van der Waals surface area contributed by atoms with Gasteiger partial charge in [-0.25, -0.2) is 13.4 Å². The summed E-state index contributed by atoms with van der Waals surface area (Å²) in [7, 11) is -3.49. The summed E-state index contributed by atoms with van der Waals surface area (Å²) in [4.78, 5) is 16.0. The van der Waals surface area contributed by atoms with Crippen molar-refractivity contribution in [1.82, 2.24) is 9.29 Å². The first-order valence-corrected chi connectivity index (χ1v) is 9.23. The maximum absolute atomic E-state index is 12.7. The number of ketones is 1. The summed E-state index contributed by atoms with van der Waals surface area (Å²) in [5, 5.41) is 0.747. The number of Topliss-reactive ketones (excluding diaryl/α,β-unsaturated/α-hetero) is 1. The Morgan fingerprint density at radius 2 is 2.15 bits per heavy atom. The summed E-state index contributed by atoms with van der Waals surface area (Å²) < 4.78 is 27.3. The van der Waals surface area contributed by atoms with Crippen LogP contribution in [-0.4, -0.2) is 36.1 Å². The standard InChI is InChI=1S/C13H18N2O3S2/c1-9-14-8-13(19-9)20(17,18)15-7-3-5-11(15)10-4-2-6-12(10)16/h8,10-11H,2-7H2,1H3. The Bertz CT molecular complexity index is 623. The second kappa shape index (κ2) is 5.20. The molecule has 0 spiro atoms. The van der Waals surface area contributed by atoms with Crippen LogP contribution in [0.4, 0.5) is 0 Å². The van der Waals surface area contributed by atoms with Crippen molar-refractivity contribution < 1.29 is 13.2 Å². The molecule has 110 valence electrons. The summed E-state index contributed by atoms with van der Waals surface area (Å²) in [5.41, 5.74) is 0. The summed E-state index contributed by atoms with van der Waals surface area (Å²) >= 11 is 1.20. The number of carbonyl (C=O) groups is 1. The fourth-order valence-electron chi connectivity index (χ4n) is 3.29. The molecule has 20 heavy (non-hydrogen) atoms. The van der Waals surface area contributed by atoms with E-state index < -0.39 is 10.0 Å².